The molecule has 1 unspecified atom stereocenters. The monoisotopic (exact) mass is 383 g/mol. The maximum atomic E-state index is 13.0. The molecule has 0 aliphatic rings. The maximum absolute atomic E-state index is 13.0. The first kappa shape index (κ1) is 19.7. The Bertz CT molecular complexity index is 883. The summed E-state index contributed by atoms with van der Waals surface area (Å²) in [6.07, 6.45) is -0.524. The SMILES string of the molecule is COc1cccc(C(CC(=O)O)NS(=O)(=O)c2ccc(F)cc2)c1OC. The molecule has 0 saturated carbocycles. The normalized spacial score (nSPS) is 12.4. The number of carboxylic acid groups (broad SMARTS) is 1. The van der Waals surface area contributed by atoms with Gasteiger partial charge >= 0.3 is 5.97 Å². The molecule has 7 nitrogen and oxygen atoms in total. The predicted octanol–water partition coefficient (Wildman–Crippen LogP) is 2.34. The third-order valence-corrected chi connectivity index (χ3v) is 5.10. The Hall–Kier alpha value is -2.65. The van der Waals surface area contributed by atoms with Crippen molar-refractivity contribution in [1.82, 2.24) is 4.72 Å². The van der Waals surface area contributed by atoms with Crippen LogP contribution in [0.2, 0.25) is 0 Å². The van der Waals surface area contributed by atoms with Crippen LogP contribution in [0, 0.1) is 5.82 Å². The zero-order chi connectivity index (χ0) is 19.3. The van der Waals surface area contributed by atoms with Crippen molar-refractivity contribution >= 4 is 16.0 Å². The standard InChI is InChI=1S/C17H18FNO6S/c1-24-15-5-3-4-13(17(15)25-2)14(10-16(20)21)19-26(22,23)12-8-6-11(18)7-9-12/h3-9,14,19H,10H2,1-2H3,(H,20,21). The van der Waals surface area contributed by atoms with E-state index in [0.29, 0.717) is 11.3 Å². The summed E-state index contributed by atoms with van der Waals surface area (Å²) in [5.74, 6) is -1.23. The van der Waals surface area contributed by atoms with Crippen LogP contribution in [0.1, 0.15) is 18.0 Å². The molecule has 2 aromatic rings. The van der Waals surface area contributed by atoms with Gasteiger partial charge in [0.15, 0.2) is 11.5 Å². The Morgan fingerprint density at radius 2 is 1.81 bits per heavy atom. The summed E-state index contributed by atoms with van der Waals surface area (Å²) in [6.45, 7) is 0. The van der Waals surface area contributed by atoms with Crippen LogP contribution in [0.5, 0.6) is 11.5 Å². The fourth-order valence-electron chi connectivity index (χ4n) is 2.45. The van der Waals surface area contributed by atoms with Crippen molar-refractivity contribution in [2.75, 3.05) is 14.2 Å². The van der Waals surface area contributed by atoms with E-state index in [2.05, 4.69) is 4.72 Å². The van der Waals surface area contributed by atoms with Crippen molar-refractivity contribution in [2.24, 2.45) is 0 Å². The number of sulfonamides is 1. The Morgan fingerprint density at radius 1 is 1.15 bits per heavy atom. The van der Waals surface area contributed by atoms with Gasteiger partial charge in [0.25, 0.3) is 0 Å². The molecule has 26 heavy (non-hydrogen) atoms. The van der Waals surface area contributed by atoms with Crippen molar-refractivity contribution in [3.8, 4) is 11.5 Å². The highest BCUT2D eigenvalue weighted by Crippen LogP contribution is 2.36. The lowest BCUT2D eigenvalue weighted by Crippen LogP contribution is -2.30. The fraction of sp³-hybridized carbons (Fsp3) is 0.235. The van der Waals surface area contributed by atoms with Gasteiger partial charge in [-0.15, -0.1) is 0 Å². The van der Waals surface area contributed by atoms with Crippen molar-refractivity contribution in [2.45, 2.75) is 17.4 Å². The van der Waals surface area contributed by atoms with E-state index < -0.39 is 34.3 Å². The van der Waals surface area contributed by atoms with Crippen LogP contribution in [-0.2, 0) is 14.8 Å². The number of aliphatic carboxylic acids is 1. The Balaban J connectivity index is 2.46. The molecular weight excluding hydrogens is 365 g/mol. The van der Waals surface area contributed by atoms with E-state index in [1.165, 1.54) is 14.2 Å². The van der Waals surface area contributed by atoms with Gasteiger partial charge in [-0.1, -0.05) is 12.1 Å². The van der Waals surface area contributed by atoms with Gasteiger partial charge < -0.3 is 14.6 Å². The second-order valence-corrected chi connectivity index (χ2v) is 7.02. The molecule has 0 aromatic heterocycles. The smallest absolute Gasteiger partial charge is 0.305 e. The minimum absolute atomic E-state index is 0.184. The number of carboxylic acids is 1. The van der Waals surface area contributed by atoms with Gasteiger partial charge in [-0.2, -0.15) is 0 Å². The number of benzene rings is 2. The third-order valence-electron chi connectivity index (χ3n) is 3.61. The summed E-state index contributed by atoms with van der Waals surface area (Å²) in [7, 11) is -1.31. The average molecular weight is 383 g/mol. The predicted molar refractivity (Wildman–Crippen MR) is 91.3 cm³/mol. The Morgan fingerprint density at radius 3 is 2.35 bits per heavy atom. The Kier molecular flexibility index (Phi) is 6.17. The molecule has 2 aromatic carbocycles. The zero-order valence-electron chi connectivity index (χ0n) is 14.1. The van der Waals surface area contributed by atoms with E-state index >= 15 is 0 Å². The first-order valence-electron chi connectivity index (χ1n) is 7.49. The molecule has 2 N–H and O–H groups in total. The number of hydrogen-bond donors (Lipinski definition) is 2. The second kappa shape index (κ2) is 8.15. The van der Waals surface area contributed by atoms with Gasteiger partial charge in [0, 0.05) is 5.56 Å². The summed E-state index contributed by atoms with van der Waals surface area (Å²) in [4.78, 5) is 11.1. The first-order valence-corrected chi connectivity index (χ1v) is 8.97. The van der Waals surface area contributed by atoms with Crippen LogP contribution >= 0.6 is 0 Å². The van der Waals surface area contributed by atoms with E-state index in [9.17, 15) is 22.7 Å². The highest BCUT2D eigenvalue weighted by molar-refractivity contribution is 7.89. The molecule has 140 valence electrons. The van der Waals surface area contributed by atoms with Gasteiger partial charge in [0.2, 0.25) is 10.0 Å². The summed E-state index contributed by atoms with van der Waals surface area (Å²) < 4.78 is 50.9. The van der Waals surface area contributed by atoms with Crippen LogP contribution in [0.25, 0.3) is 0 Å². The van der Waals surface area contributed by atoms with Crippen molar-refractivity contribution in [1.29, 1.82) is 0 Å². The summed E-state index contributed by atoms with van der Waals surface area (Å²) in [5.41, 5.74) is 0.305. The van der Waals surface area contributed by atoms with Crippen molar-refractivity contribution in [3.63, 3.8) is 0 Å². The lowest BCUT2D eigenvalue weighted by Gasteiger charge is -2.21. The number of nitrogens with one attached hydrogen (secondary N) is 1. The summed E-state index contributed by atoms with van der Waals surface area (Å²) >= 11 is 0. The van der Waals surface area contributed by atoms with E-state index in [1.54, 1.807) is 18.2 Å². The number of hydrogen-bond acceptors (Lipinski definition) is 5. The van der Waals surface area contributed by atoms with Gasteiger partial charge in [-0.3, -0.25) is 4.79 Å². The summed E-state index contributed by atoms with van der Waals surface area (Å²) in [5, 5.41) is 9.18. The molecule has 0 spiro atoms. The van der Waals surface area contributed by atoms with Gasteiger partial charge in [0.05, 0.1) is 31.6 Å². The largest absolute Gasteiger partial charge is 0.493 e. The number of para-hydroxylation sites is 1. The van der Waals surface area contributed by atoms with E-state index in [-0.39, 0.29) is 10.6 Å². The van der Waals surface area contributed by atoms with E-state index in [1.807, 2.05) is 0 Å². The molecule has 0 radical (unpaired) electrons. The van der Waals surface area contributed by atoms with E-state index in [0.717, 1.165) is 24.3 Å². The minimum Gasteiger partial charge on any atom is -0.493 e. The summed E-state index contributed by atoms with van der Waals surface area (Å²) in [6, 6.07) is 7.83. The molecule has 1 atom stereocenters. The Labute approximate surface area is 150 Å². The van der Waals surface area contributed by atoms with E-state index in [4.69, 9.17) is 9.47 Å². The molecular formula is C17H18FNO6S. The van der Waals surface area contributed by atoms with Crippen LogP contribution < -0.4 is 14.2 Å². The second-order valence-electron chi connectivity index (χ2n) is 5.31. The lowest BCUT2D eigenvalue weighted by atomic mass is 10.0. The fourth-order valence-corrected chi connectivity index (χ4v) is 3.66. The number of methoxy groups -OCH3 is 2. The lowest BCUT2D eigenvalue weighted by molar-refractivity contribution is -0.137. The van der Waals surface area contributed by atoms with Gasteiger partial charge in [0.1, 0.15) is 5.82 Å². The van der Waals surface area contributed by atoms with Crippen LogP contribution in [-0.4, -0.2) is 33.7 Å². The molecule has 2 rings (SSSR count). The van der Waals surface area contributed by atoms with Crippen molar-refractivity contribution < 1.29 is 32.2 Å². The zero-order valence-corrected chi connectivity index (χ0v) is 14.9. The topological polar surface area (TPSA) is 102 Å². The molecule has 0 aliphatic carbocycles. The quantitative estimate of drug-likeness (QED) is 0.725. The number of rotatable bonds is 8. The third kappa shape index (κ3) is 4.50. The highest BCUT2D eigenvalue weighted by Gasteiger charge is 2.27. The average Bonchev–Trinajstić information content (AvgIpc) is 2.60. The number of carbonyl (C=O) groups is 1. The van der Waals surface area contributed by atoms with Crippen molar-refractivity contribution in [3.05, 3.63) is 53.8 Å². The van der Waals surface area contributed by atoms with Crippen LogP contribution in [0.3, 0.4) is 0 Å². The minimum atomic E-state index is -4.09. The number of ether oxygens (including phenoxy) is 2. The number of halogens is 1. The molecule has 0 amide bonds. The molecule has 0 heterocycles. The molecule has 0 saturated heterocycles. The molecule has 9 heteroatoms. The maximum Gasteiger partial charge on any atom is 0.305 e. The van der Waals surface area contributed by atoms with Crippen LogP contribution in [0.15, 0.2) is 47.4 Å². The molecule has 0 bridgehead atoms. The molecule has 0 aliphatic heterocycles. The highest BCUT2D eigenvalue weighted by atomic mass is 32.2. The van der Waals surface area contributed by atoms with Gasteiger partial charge in [-0.05, 0) is 30.3 Å². The van der Waals surface area contributed by atoms with Crippen LogP contribution in [0.4, 0.5) is 4.39 Å². The van der Waals surface area contributed by atoms with Gasteiger partial charge in [-0.25, -0.2) is 17.5 Å². The molecule has 0 fully saturated rings. The first-order chi connectivity index (χ1) is 12.3.